The number of amides is 1. The molecule has 2 rings (SSSR count). The van der Waals surface area contributed by atoms with Crippen LogP contribution in [0, 0.1) is 0 Å². The van der Waals surface area contributed by atoms with E-state index in [1.165, 1.54) is 6.33 Å². The molecule has 6 nitrogen and oxygen atoms in total. The number of nitrogens with zero attached hydrogens (tertiary/aromatic N) is 4. The molecule has 0 bridgehead atoms. The van der Waals surface area contributed by atoms with Crippen LogP contribution in [0.3, 0.4) is 0 Å². The summed E-state index contributed by atoms with van der Waals surface area (Å²) in [6, 6.07) is 1.88. The second kappa shape index (κ2) is 6.65. The molecule has 1 aliphatic heterocycles. The van der Waals surface area contributed by atoms with Gasteiger partial charge < -0.3 is 15.1 Å². The highest BCUT2D eigenvalue weighted by Gasteiger charge is 2.18. The lowest BCUT2D eigenvalue weighted by Crippen LogP contribution is -2.46. The first-order chi connectivity index (χ1) is 9.60. The molecule has 2 heterocycles. The lowest BCUT2D eigenvalue weighted by Gasteiger charge is -2.34. The number of nitrogens with one attached hydrogen (secondary N) is 1. The van der Waals surface area contributed by atoms with Crippen LogP contribution < -0.4 is 10.2 Å². The van der Waals surface area contributed by atoms with Gasteiger partial charge in [0.1, 0.15) is 17.8 Å². The van der Waals surface area contributed by atoms with Gasteiger partial charge in [0.15, 0.2) is 0 Å². The zero-order chi connectivity index (χ0) is 14.5. The molecule has 20 heavy (non-hydrogen) atoms. The number of hydrogen-bond donors (Lipinski definition) is 1. The lowest BCUT2D eigenvalue weighted by molar-refractivity contribution is 0.0938. The topological polar surface area (TPSA) is 61.4 Å². The Labute approximate surface area is 120 Å². The van der Waals surface area contributed by atoms with E-state index < -0.39 is 0 Å². The van der Waals surface area contributed by atoms with Crippen molar-refractivity contribution in [1.82, 2.24) is 20.2 Å². The fourth-order valence-electron chi connectivity index (χ4n) is 2.27. The Balaban J connectivity index is 2.04. The molecule has 110 valence electrons. The Hall–Kier alpha value is -1.69. The van der Waals surface area contributed by atoms with E-state index >= 15 is 0 Å². The molecule has 0 atom stereocenters. The van der Waals surface area contributed by atoms with E-state index in [1.54, 1.807) is 6.07 Å². The minimum Gasteiger partial charge on any atom is -0.354 e. The largest absolute Gasteiger partial charge is 0.354 e. The van der Waals surface area contributed by atoms with Gasteiger partial charge in [-0.1, -0.05) is 6.92 Å². The van der Waals surface area contributed by atoms with Crippen LogP contribution in [0.15, 0.2) is 12.4 Å². The van der Waals surface area contributed by atoms with Crippen LogP contribution in [-0.4, -0.2) is 59.5 Å². The van der Waals surface area contributed by atoms with E-state index in [0.29, 0.717) is 5.69 Å². The SMILES string of the molecule is CCN1CCN(c2cc(C(=O)NC(C)C)ncn2)CC1. The second-order valence-corrected chi connectivity index (χ2v) is 5.31. The molecule has 0 saturated carbocycles. The van der Waals surface area contributed by atoms with Gasteiger partial charge in [0.05, 0.1) is 0 Å². The zero-order valence-electron chi connectivity index (χ0n) is 12.5. The Morgan fingerprint density at radius 3 is 2.60 bits per heavy atom. The third-order valence-electron chi connectivity index (χ3n) is 3.45. The maximum atomic E-state index is 12.0. The summed E-state index contributed by atoms with van der Waals surface area (Å²) in [4.78, 5) is 24.9. The maximum absolute atomic E-state index is 12.0. The van der Waals surface area contributed by atoms with Crippen LogP contribution >= 0.6 is 0 Å². The summed E-state index contributed by atoms with van der Waals surface area (Å²) in [6.45, 7) is 11.1. The van der Waals surface area contributed by atoms with E-state index in [9.17, 15) is 4.79 Å². The third kappa shape index (κ3) is 3.66. The molecule has 0 spiro atoms. The summed E-state index contributed by atoms with van der Waals surface area (Å²) in [5.41, 5.74) is 0.432. The van der Waals surface area contributed by atoms with E-state index in [-0.39, 0.29) is 11.9 Å². The molecule has 0 unspecified atom stereocenters. The van der Waals surface area contributed by atoms with Crippen LogP contribution in [0.4, 0.5) is 5.82 Å². The molecule has 1 fully saturated rings. The highest BCUT2D eigenvalue weighted by atomic mass is 16.1. The van der Waals surface area contributed by atoms with Gasteiger partial charge in [-0.05, 0) is 20.4 Å². The zero-order valence-corrected chi connectivity index (χ0v) is 12.5. The lowest BCUT2D eigenvalue weighted by atomic mass is 10.3. The monoisotopic (exact) mass is 277 g/mol. The van der Waals surface area contributed by atoms with Crippen molar-refractivity contribution in [3.63, 3.8) is 0 Å². The van der Waals surface area contributed by atoms with Gasteiger partial charge in [-0.25, -0.2) is 9.97 Å². The van der Waals surface area contributed by atoms with Crippen molar-refractivity contribution in [2.45, 2.75) is 26.8 Å². The van der Waals surface area contributed by atoms with Crippen molar-refractivity contribution in [1.29, 1.82) is 0 Å². The molecule has 1 amide bonds. The van der Waals surface area contributed by atoms with Gasteiger partial charge in [-0.2, -0.15) is 0 Å². The van der Waals surface area contributed by atoms with E-state index in [0.717, 1.165) is 38.5 Å². The minimum absolute atomic E-state index is 0.106. The van der Waals surface area contributed by atoms with Crippen LogP contribution in [0.1, 0.15) is 31.3 Å². The number of piperazine rings is 1. The van der Waals surface area contributed by atoms with Crippen molar-refractivity contribution in [3.8, 4) is 0 Å². The number of anilines is 1. The number of aromatic nitrogens is 2. The summed E-state index contributed by atoms with van der Waals surface area (Å²) in [5, 5.41) is 2.85. The second-order valence-electron chi connectivity index (χ2n) is 5.31. The van der Waals surface area contributed by atoms with Gasteiger partial charge >= 0.3 is 0 Å². The van der Waals surface area contributed by atoms with E-state index in [2.05, 4.69) is 32.0 Å². The summed E-state index contributed by atoms with van der Waals surface area (Å²) in [6.07, 6.45) is 1.47. The Bertz CT molecular complexity index is 455. The van der Waals surface area contributed by atoms with Crippen molar-refractivity contribution >= 4 is 11.7 Å². The van der Waals surface area contributed by atoms with Gasteiger partial charge in [0.25, 0.3) is 5.91 Å². The first-order valence-electron chi connectivity index (χ1n) is 7.20. The Kier molecular flexibility index (Phi) is 4.89. The minimum atomic E-state index is -0.143. The van der Waals surface area contributed by atoms with Gasteiger partial charge in [0, 0.05) is 38.3 Å². The summed E-state index contributed by atoms with van der Waals surface area (Å²) < 4.78 is 0. The predicted molar refractivity (Wildman–Crippen MR) is 79.0 cm³/mol. The molecule has 1 aliphatic rings. The smallest absolute Gasteiger partial charge is 0.270 e. The fraction of sp³-hybridized carbons (Fsp3) is 0.643. The first kappa shape index (κ1) is 14.7. The Morgan fingerprint density at radius 2 is 2.00 bits per heavy atom. The van der Waals surface area contributed by atoms with Crippen LogP contribution in [-0.2, 0) is 0 Å². The average Bonchev–Trinajstić information content (AvgIpc) is 2.47. The molecule has 1 aromatic heterocycles. The normalized spacial score (nSPS) is 16.5. The molecule has 1 saturated heterocycles. The van der Waals surface area contributed by atoms with E-state index in [4.69, 9.17) is 0 Å². The van der Waals surface area contributed by atoms with Crippen molar-refractivity contribution in [3.05, 3.63) is 18.1 Å². The van der Waals surface area contributed by atoms with Gasteiger partial charge in [-0.15, -0.1) is 0 Å². The molecule has 1 N–H and O–H groups in total. The fourth-order valence-corrected chi connectivity index (χ4v) is 2.27. The van der Waals surface area contributed by atoms with Gasteiger partial charge in [0.2, 0.25) is 0 Å². The third-order valence-corrected chi connectivity index (χ3v) is 3.45. The number of hydrogen-bond acceptors (Lipinski definition) is 5. The number of carbonyl (C=O) groups excluding carboxylic acids is 1. The van der Waals surface area contributed by atoms with Gasteiger partial charge in [-0.3, -0.25) is 4.79 Å². The van der Waals surface area contributed by atoms with Crippen molar-refractivity contribution in [2.75, 3.05) is 37.6 Å². The summed E-state index contributed by atoms with van der Waals surface area (Å²) in [7, 11) is 0. The molecular formula is C14H23N5O. The molecule has 6 heteroatoms. The average molecular weight is 277 g/mol. The maximum Gasteiger partial charge on any atom is 0.270 e. The molecule has 0 aliphatic carbocycles. The molecule has 1 aromatic rings. The van der Waals surface area contributed by atoms with Crippen LogP contribution in [0.25, 0.3) is 0 Å². The van der Waals surface area contributed by atoms with Crippen LogP contribution in [0.5, 0.6) is 0 Å². The number of likely N-dealkylation sites (N-methyl/N-ethyl adjacent to an activating group) is 1. The number of carbonyl (C=O) groups is 1. The highest BCUT2D eigenvalue weighted by molar-refractivity contribution is 5.93. The highest BCUT2D eigenvalue weighted by Crippen LogP contribution is 2.13. The Morgan fingerprint density at radius 1 is 1.30 bits per heavy atom. The quantitative estimate of drug-likeness (QED) is 0.880. The molecular weight excluding hydrogens is 254 g/mol. The van der Waals surface area contributed by atoms with E-state index in [1.807, 2.05) is 13.8 Å². The van der Waals surface area contributed by atoms with Crippen LogP contribution in [0.2, 0.25) is 0 Å². The van der Waals surface area contributed by atoms with Crippen molar-refractivity contribution < 1.29 is 4.79 Å². The van der Waals surface area contributed by atoms with Crippen molar-refractivity contribution in [2.24, 2.45) is 0 Å². The molecule has 0 aromatic carbocycles. The first-order valence-corrected chi connectivity index (χ1v) is 7.20. The standard InChI is InChI=1S/C14H23N5O/c1-4-18-5-7-19(8-6-18)13-9-12(15-10-16-13)14(20)17-11(2)3/h9-11H,4-8H2,1-3H3,(H,17,20). The predicted octanol–water partition coefficient (Wildman–Crippen LogP) is 0.757. The molecule has 0 radical (unpaired) electrons. The summed E-state index contributed by atoms with van der Waals surface area (Å²) >= 11 is 0. The summed E-state index contributed by atoms with van der Waals surface area (Å²) in [5.74, 6) is 0.695. The number of rotatable bonds is 4.